The molecule has 0 bridgehead atoms. The van der Waals surface area contributed by atoms with E-state index in [0.29, 0.717) is 18.5 Å². The summed E-state index contributed by atoms with van der Waals surface area (Å²) in [5.41, 5.74) is 1.47. The summed E-state index contributed by atoms with van der Waals surface area (Å²) in [6.45, 7) is 6.06. The second-order valence-corrected chi connectivity index (χ2v) is 9.44. The van der Waals surface area contributed by atoms with Crippen molar-refractivity contribution in [2.75, 3.05) is 11.4 Å². The molecule has 4 rings (SSSR count). The van der Waals surface area contributed by atoms with Gasteiger partial charge in [0.25, 0.3) is 0 Å². The van der Waals surface area contributed by atoms with Crippen molar-refractivity contribution >= 4 is 45.9 Å². The van der Waals surface area contributed by atoms with Gasteiger partial charge < -0.3 is 4.90 Å². The van der Waals surface area contributed by atoms with Crippen molar-refractivity contribution in [1.82, 2.24) is 9.78 Å². The summed E-state index contributed by atoms with van der Waals surface area (Å²) in [5, 5.41) is 7.70. The Morgan fingerprint density at radius 2 is 2.32 bits per heavy atom. The van der Waals surface area contributed by atoms with E-state index in [1.54, 1.807) is 0 Å². The number of fused-ring (bicyclic) bond motifs is 1. The Balaban J connectivity index is 1.55. The molecular formula is C17H23N4OS3+. The van der Waals surface area contributed by atoms with Crippen molar-refractivity contribution in [3.8, 4) is 0 Å². The second-order valence-electron chi connectivity index (χ2n) is 6.84. The fourth-order valence-corrected chi connectivity index (χ4v) is 5.68. The van der Waals surface area contributed by atoms with Crippen LogP contribution in [0.4, 0.5) is 5.13 Å². The molecule has 0 spiro atoms. The number of quaternary nitrogens is 1. The molecule has 134 valence electrons. The van der Waals surface area contributed by atoms with Crippen LogP contribution >= 0.6 is 34.9 Å². The Bertz CT molecular complexity index is 835. The topological polar surface area (TPSA) is 42.6 Å². The van der Waals surface area contributed by atoms with Crippen LogP contribution in [0.1, 0.15) is 49.6 Å². The maximum Gasteiger partial charge on any atom is 0.228 e. The number of thiophene rings is 1. The molecule has 1 unspecified atom stereocenters. The molecule has 2 aromatic heterocycles. The number of carbonyl (C=O) groups is 1. The molecule has 2 aromatic rings. The molecule has 1 saturated carbocycles. The van der Waals surface area contributed by atoms with Crippen molar-refractivity contribution in [3.05, 3.63) is 25.8 Å². The first-order valence-electron chi connectivity index (χ1n) is 8.89. The van der Waals surface area contributed by atoms with Crippen LogP contribution in [0.3, 0.4) is 0 Å². The van der Waals surface area contributed by atoms with Crippen LogP contribution in [0, 0.1) is 3.95 Å². The van der Waals surface area contributed by atoms with Gasteiger partial charge in [0, 0.05) is 29.3 Å². The normalized spacial score (nSPS) is 22.6. The van der Waals surface area contributed by atoms with E-state index in [-0.39, 0.29) is 5.91 Å². The Kier molecular flexibility index (Phi) is 4.79. The van der Waals surface area contributed by atoms with Crippen LogP contribution in [0.25, 0.3) is 0 Å². The number of hydrogen-bond donors (Lipinski definition) is 1. The third-order valence-electron chi connectivity index (χ3n) is 5.17. The minimum Gasteiger partial charge on any atom is -0.310 e. The standard InChI is InChI=1S/C17H22N4OS3/c1-3-15(22)21(12-4-5-12)16-18-20(17(23)25-16)10-19-8-6-14-13(11(19)2)7-9-24-14/h7,9,11-12H,3-6,8,10H2,1-2H3/p+1/t11-/m0/s1. The van der Waals surface area contributed by atoms with Gasteiger partial charge in [0.15, 0.2) is 10.6 Å². The van der Waals surface area contributed by atoms with Crippen molar-refractivity contribution < 1.29 is 9.69 Å². The minimum atomic E-state index is 0.153. The number of aromatic nitrogens is 2. The van der Waals surface area contributed by atoms with Crippen molar-refractivity contribution in [2.24, 2.45) is 0 Å². The molecule has 1 N–H and O–H groups in total. The molecule has 0 aromatic carbocycles. The molecule has 25 heavy (non-hydrogen) atoms. The van der Waals surface area contributed by atoms with Gasteiger partial charge in [0.1, 0.15) is 6.04 Å². The monoisotopic (exact) mass is 395 g/mol. The summed E-state index contributed by atoms with van der Waals surface area (Å²) < 4.78 is 2.69. The Morgan fingerprint density at radius 3 is 3.04 bits per heavy atom. The van der Waals surface area contributed by atoms with Gasteiger partial charge in [0.05, 0.1) is 6.54 Å². The molecule has 1 amide bonds. The van der Waals surface area contributed by atoms with Gasteiger partial charge in [-0.3, -0.25) is 9.69 Å². The fraction of sp³-hybridized carbons (Fsp3) is 0.588. The van der Waals surface area contributed by atoms with Gasteiger partial charge in [-0.25, -0.2) is 0 Å². The maximum atomic E-state index is 12.3. The number of carbonyl (C=O) groups excluding carboxylic acids is 1. The van der Waals surface area contributed by atoms with Crippen molar-refractivity contribution in [1.29, 1.82) is 0 Å². The van der Waals surface area contributed by atoms with Gasteiger partial charge in [-0.15, -0.1) is 16.4 Å². The lowest BCUT2D eigenvalue weighted by Crippen LogP contribution is -3.12. The summed E-state index contributed by atoms with van der Waals surface area (Å²) in [6, 6.07) is 3.04. The minimum absolute atomic E-state index is 0.153. The summed E-state index contributed by atoms with van der Waals surface area (Å²) in [6.07, 6.45) is 3.79. The van der Waals surface area contributed by atoms with Crippen molar-refractivity contribution in [3.63, 3.8) is 0 Å². The van der Waals surface area contributed by atoms with Gasteiger partial charge in [-0.05, 0) is 43.4 Å². The highest BCUT2D eigenvalue weighted by Crippen LogP contribution is 2.33. The first kappa shape index (κ1) is 17.3. The lowest BCUT2D eigenvalue weighted by atomic mass is 10.0. The van der Waals surface area contributed by atoms with E-state index in [1.165, 1.54) is 26.7 Å². The third kappa shape index (κ3) is 3.32. The molecule has 2 atom stereocenters. The first-order valence-corrected chi connectivity index (χ1v) is 11.0. The number of nitrogens with one attached hydrogen (secondary N) is 1. The SMILES string of the molecule is CCC(=O)N(c1nn(C[NH+]2CCc3sccc3[C@@H]2C)c(=S)s1)C1CC1. The summed E-state index contributed by atoms with van der Waals surface area (Å²) in [4.78, 5) is 17.2. The number of anilines is 1. The summed E-state index contributed by atoms with van der Waals surface area (Å²) in [5.74, 6) is 0.153. The average Bonchev–Trinajstić information content (AvgIpc) is 3.19. The number of hydrogen-bond acceptors (Lipinski definition) is 5. The quantitative estimate of drug-likeness (QED) is 0.792. The van der Waals surface area contributed by atoms with Gasteiger partial charge >= 0.3 is 0 Å². The predicted molar refractivity (Wildman–Crippen MR) is 104 cm³/mol. The average molecular weight is 396 g/mol. The van der Waals surface area contributed by atoms with Gasteiger partial charge in [0.2, 0.25) is 11.0 Å². The van der Waals surface area contributed by atoms with E-state index in [0.717, 1.165) is 41.6 Å². The first-order chi connectivity index (χ1) is 12.1. The van der Waals surface area contributed by atoms with E-state index in [4.69, 9.17) is 17.3 Å². The Labute approximate surface area is 160 Å². The molecule has 1 aliphatic heterocycles. The maximum absolute atomic E-state index is 12.3. The van der Waals surface area contributed by atoms with E-state index in [1.807, 2.05) is 27.8 Å². The smallest absolute Gasteiger partial charge is 0.228 e. The van der Waals surface area contributed by atoms with Crippen LogP contribution in [0.15, 0.2) is 11.4 Å². The molecule has 1 aliphatic carbocycles. The number of amides is 1. The van der Waals surface area contributed by atoms with Crippen LogP contribution in [0.5, 0.6) is 0 Å². The largest absolute Gasteiger partial charge is 0.310 e. The van der Waals surface area contributed by atoms with E-state index < -0.39 is 0 Å². The molecule has 8 heteroatoms. The molecule has 0 radical (unpaired) electrons. The van der Waals surface area contributed by atoms with Gasteiger partial charge in [-0.1, -0.05) is 18.3 Å². The number of nitrogens with zero attached hydrogens (tertiary/aromatic N) is 3. The Hall–Kier alpha value is -1.09. The highest BCUT2D eigenvalue weighted by molar-refractivity contribution is 7.73. The lowest BCUT2D eigenvalue weighted by Gasteiger charge is -2.30. The highest BCUT2D eigenvalue weighted by Gasteiger charge is 2.35. The molecule has 1 fully saturated rings. The zero-order valence-electron chi connectivity index (χ0n) is 14.5. The highest BCUT2D eigenvalue weighted by atomic mass is 32.1. The molecule has 3 heterocycles. The van der Waals surface area contributed by atoms with Crippen LogP contribution in [0.2, 0.25) is 0 Å². The zero-order chi connectivity index (χ0) is 17.6. The van der Waals surface area contributed by atoms with E-state index in [2.05, 4.69) is 18.4 Å². The Morgan fingerprint density at radius 1 is 1.52 bits per heavy atom. The molecule has 5 nitrogen and oxygen atoms in total. The molecule has 0 saturated heterocycles. The summed E-state index contributed by atoms with van der Waals surface area (Å²) >= 11 is 8.90. The van der Waals surface area contributed by atoms with Crippen LogP contribution in [-0.2, 0) is 17.9 Å². The summed E-state index contributed by atoms with van der Waals surface area (Å²) in [7, 11) is 0. The van der Waals surface area contributed by atoms with Crippen molar-refractivity contribution in [2.45, 2.75) is 58.3 Å². The van der Waals surface area contributed by atoms with E-state index in [9.17, 15) is 4.79 Å². The fourth-order valence-electron chi connectivity index (χ4n) is 3.52. The van der Waals surface area contributed by atoms with Crippen LogP contribution < -0.4 is 9.80 Å². The van der Waals surface area contributed by atoms with Gasteiger partial charge in [-0.2, -0.15) is 4.68 Å². The van der Waals surface area contributed by atoms with Crippen LogP contribution in [-0.4, -0.2) is 28.3 Å². The molecule has 2 aliphatic rings. The number of rotatable bonds is 5. The zero-order valence-corrected chi connectivity index (χ0v) is 17.0. The third-order valence-corrected chi connectivity index (χ3v) is 7.47. The molecular weight excluding hydrogens is 372 g/mol. The lowest BCUT2D eigenvalue weighted by molar-refractivity contribution is -0.954. The second kappa shape index (κ2) is 6.90. The predicted octanol–water partition coefficient (Wildman–Crippen LogP) is 2.80. The van der Waals surface area contributed by atoms with E-state index >= 15 is 0 Å².